The number of pyridine rings is 1. The standard InChI is InChI=1S/C43H53FN6O4Si.C33H42BrFN4O3Si/c1-27-39(28(2)50(48-27)26-53-19-20-55(3,4)5)30-11-13-33(14-12-30)46-41(51)40(47-42(52)43(44)16-17-43)36-8-6-7-29-9-10-31(21-37(29)36)32-15-18-45-38(22-32)49-24-35-23-34(49)25-54-35;1-21-29(22(2)39(38-21)20-42-17-18-43(3,4)5)24-10-13-26(14-11-24)36-31(40)30(37-32(41)33(35)15-16-33)27-8-6-7-23-9-12-25(34)19-28(23)27/h9-15,18,21-22,34-36,40H,6-8,16-17,19-20,23-26H2,1-5H3,(H,46,51)(H,47,52);9-14,19,27,30H,6-8,15-18,20H2,1-5H3,(H,36,40)(H,37,41)/t34-,35-,36+,40-;27-,30+/m01/s1. The van der Waals surface area contributed by atoms with E-state index in [4.69, 9.17) is 29.4 Å². The van der Waals surface area contributed by atoms with Crippen LogP contribution in [0.15, 0.2) is 108 Å². The van der Waals surface area contributed by atoms with Gasteiger partial charge in [-0.25, -0.2) is 23.1 Å². The van der Waals surface area contributed by atoms with Crippen LogP contribution in [0, 0.1) is 27.7 Å². The molecular formula is C76H95BrF2N10O7Si2. The number of carbonyl (C=O) groups is 4. The van der Waals surface area contributed by atoms with Crippen LogP contribution in [0.25, 0.3) is 33.4 Å². The second kappa shape index (κ2) is 29.2. The summed E-state index contributed by atoms with van der Waals surface area (Å²) in [5.41, 5.74) is 11.7. The van der Waals surface area contributed by atoms with Crippen molar-refractivity contribution in [1.82, 2.24) is 35.2 Å². The zero-order valence-corrected chi connectivity index (χ0v) is 62.0. The summed E-state index contributed by atoms with van der Waals surface area (Å²) in [6.07, 6.45) is 8.86. The predicted molar refractivity (Wildman–Crippen MR) is 390 cm³/mol. The third kappa shape index (κ3) is 16.5. The quantitative estimate of drug-likeness (QED) is 0.0332. The maximum absolute atomic E-state index is 15.1. The average Bonchev–Trinajstić information content (AvgIpc) is 1.61. The smallest absolute Gasteiger partial charge is 0.258 e. The number of morpholine rings is 1. The van der Waals surface area contributed by atoms with Crippen LogP contribution in [0.2, 0.25) is 51.4 Å². The highest BCUT2D eigenvalue weighted by Crippen LogP contribution is 2.44. The van der Waals surface area contributed by atoms with E-state index in [2.05, 4.69) is 112 Å². The van der Waals surface area contributed by atoms with E-state index in [1.807, 2.05) is 110 Å². The van der Waals surface area contributed by atoms with Gasteiger partial charge in [-0.3, -0.25) is 19.2 Å². The van der Waals surface area contributed by atoms with Gasteiger partial charge < -0.3 is 40.4 Å². The third-order valence-corrected chi connectivity index (χ3v) is 24.4. The van der Waals surface area contributed by atoms with Crippen LogP contribution in [-0.2, 0) is 59.7 Å². The summed E-state index contributed by atoms with van der Waals surface area (Å²) in [5, 5.41) is 21.2. The van der Waals surface area contributed by atoms with Gasteiger partial charge in [0.15, 0.2) is 11.3 Å². The first-order valence-corrected chi connectivity index (χ1v) is 43.2. The predicted octanol–water partition coefficient (Wildman–Crippen LogP) is 14.9. The van der Waals surface area contributed by atoms with Gasteiger partial charge in [0.05, 0.1) is 30.1 Å². The number of hydrogen-bond donors (Lipinski definition) is 4. The maximum atomic E-state index is 15.1. The van der Waals surface area contributed by atoms with E-state index in [9.17, 15) is 23.6 Å². The number of ether oxygens (including phenoxy) is 3. The molecule has 4 amide bonds. The van der Waals surface area contributed by atoms with Crippen LogP contribution < -0.4 is 26.2 Å². The molecule has 2 aliphatic heterocycles. The molecule has 2 saturated heterocycles. The van der Waals surface area contributed by atoms with E-state index >= 15 is 4.39 Å². The second-order valence-electron chi connectivity index (χ2n) is 30.4. The Bertz CT molecular complexity index is 4090. The summed E-state index contributed by atoms with van der Waals surface area (Å²) in [6, 6.07) is 32.7. The Morgan fingerprint density at radius 2 is 1.08 bits per heavy atom. The monoisotopic (exact) mass is 1430 g/mol. The molecule has 4 aromatic carbocycles. The van der Waals surface area contributed by atoms with Gasteiger partial charge in [0.2, 0.25) is 11.8 Å². The molecule has 0 radical (unpaired) electrons. The van der Waals surface area contributed by atoms with Gasteiger partial charge >= 0.3 is 0 Å². The number of nitrogens with one attached hydrogen (secondary N) is 4. The molecule has 4 fully saturated rings. The zero-order chi connectivity index (χ0) is 69.4. The molecule has 22 heteroatoms. The number of halogens is 3. The zero-order valence-electron chi connectivity index (χ0n) is 58.4. The fraction of sp³-hybridized carbons (Fsp3) is 0.487. The lowest BCUT2D eigenvalue weighted by Crippen LogP contribution is -2.51. The van der Waals surface area contributed by atoms with Gasteiger partial charge in [0, 0.05) is 92.3 Å². The van der Waals surface area contributed by atoms with Crippen molar-refractivity contribution in [3.63, 3.8) is 0 Å². The van der Waals surface area contributed by atoms with Gasteiger partial charge in [-0.15, -0.1) is 0 Å². The molecule has 2 bridgehead atoms. The van der Waals surface area contributed by atoms with Crippen molar-refractivity contribution in [3.05, 3.63) is 153 Å². The minimum atomic E-state index is -1.91. The van der Waals surface area contributed by atoms with Crippen LogP contribution in [0.4, 0.5) is 26.0 Å². The summed E-state index contributed by atoms with van der Waals surface area (Å²) >= 11 is 3.55. The SMILES string of the molecule is Cc1nn(COCC[Si](C)(C)C)c(C)c1-c1ccc(NC(=O)[C@@H](NC(=O)C2(F)CC2)[C@@H]2CCCc3ccc(-c4ccnc(N5C[C@@H]6C[C@H]5CO6)c4)cc32)cc1.Cc1nn(COCC[Si](C)(C)C)c(C)c1-c1ccc(NC(=O)[C@@H](NC(=O)C2(F)CC2)[C@@H]2CCCc3ccc(Br)cc32)cc1. The highest BCUT2D eigenvalue weighted by atomic mass is 79.9. The molecule has 6 atom stereocenters. The van der Waals surface area contributed by atoms with Crippen molar-refractivity contribution in [2.75, 3.05) is 41.9 Å². The molecule has 17 nitrogen and oxygen atoms in total. The van der Waals surface area contributed by atoms with Crippen molar-refractivity contribution >= 4 is 72.9 Å². The van der Waals surface area contributed by atoms with Crippen molar-refractivity contribution in [2.24, 2.45) is 0 Å². The first-order chi connectivity index (χ1) is 46.7. The van der Waals surface area contributed by atoms with Gasteiger partial charge in [-0.2, -0.15) is 10.2 Å². The summed E-state index contributed by atoms with van der Waals surface area (Å²) < 4.78 is 52.3. The number of hydrogen-bond acceptors (Lipinski definition) is 11. The Balaban J connectivity index is 0.000000193. The molecule has 3 aromatic heterocycles. The molecule has 4 aliphatic carbocycles. The van der Waals surface area contributed by atoms with E-state index in [1.165, 1.54) is 0 Å². The lowest BCUT2D eigenvalue weighted by Gasteiger charge is -2.33. The van der Waals surface area contributed by atoms with E-state index < -0.39 is 51.4 Å². The highest BCUT2D eigenvalue weighted by Gasteiger charge is 2.53. The van der Waals surface area contributed by atoms with Gasteiger partial charge in [-0.05, 0) is 203 Å². The lowest BCUT2D eigenvalue weighted by molar-refractivity contribution is -0.131. The van der Waals surface area contributed by atoms with Crippen molar-refractivity contribution in [3.8, 4) is 33.4 Å². The van der Waals surface area contributed by atoms with Crippen molar-refractivity contribution in [1.29, 1.82) is 0 Å². The number of aryl methyl sites for hydroxylation is 4. The minimum Gasteiger partial charge on any atom is -0.374 e. The molecule has 6 aliphatic rings. The molecule has 7 aromatic rings. The highest BCUT2D eigenvalue weighted by molar-refractivity contribution is 9.10. The van der Waals surface area contributed by atoms with E-state index in [-0.39, 0.29) is 55.4 Å². The number of rotatable bonds is 24. The number of fused-ring (bicyclic) bond motifs is 4. The van der Waals surface area contributed by atoms with Gasteiger partial charge in [-0.1, -0.05) is 104 Å². The number of anilines is 3. The Morgan fingerprint density at radius 3 is 1.53 bits per heavy atom. The van der Waals surface area contributed by atoms with Crippen LogP contribution >= 0.6 is 15.9 Å². The molecule has 4 N–H and O–H groups in total. The Labute approximate surface area is 585 Å². The topological polar surface area (TPSA) is 196 Å². The van der Waals surface area contributed by atoms with Crippen LogP contribution in [0.5, 0.6) is 0 Å². The molecule has 13 rings (SSSR count). The second-order valence-corrected chi connectivity index (χ2v) is 42.6. The summed E-state index contributed by atoms with van der Waals surface area (Å²) in [6.45, 7) is 25.9. The Morgan fingerprint density at radius 1 is 0.622 bits per heavy atom. The Hall–Kier alpha value is -7.22. The third-order valence-electron chi connectivity index (χ3n) is 20.4. The molecule has 0 spiro atoms. The van der Waals surface area contributed by atoms with Crippen LogP contribution in [0.1, 0.15) is 115 Å². The molecule has 2 saturated carbocycles. The fourth-order valence-electron chi connectivity index (χ4n) is 14.3. The summed E-state index contributed by atoms with van der Waals surface area (Å²) in [5.74, 6) is -1.75. The van der Waals surface area contributed by atoms with E-state index in [1.54, 1.807) is 0 Å². The summed E-state index contributed by atoms with van der Waals surface area (Å²) in [7, 11) is -2.34. The lowest BCUT2D eigenvalue weighted by atomic mass is 9.77. The van der Waals surface area contributed by atoms with Crippen molar-refractivity contribution in [2.45, 2.75) is 211 Å². The average molecular weight is 1430 g/mol. The first kappa shape index (κ1) is 70.6. The minimum absolute atomic E-state index is 0.176. The van der Waals surface area contributed by atoms with Gasteiger partial charge in [0.25, 0.3) is 11.8 Å². The largest absolute Gasteiger partial charge is 0.374 e. The first-order valence-electron chi connectivity index (χ1n) is 35.0. The van der Waals surface area contributed by atoms with Gasteiger partial charge in [0.1, 0.15) is 31.4 Å². The number of benzene rings is 4. The number of nitrogens with zero attached hydrogens (tertiary/aromatic N) is 6. The maximum Gasteiger partial charge on any atom is 0.258 e. The molecule has 5 heterocycles. The molecule has 0 unspecified atom stereocenters. The number of amides is 4. The summed E-state index contributed by atoms with van der Waals surface area (Å²) in [4.78, 5) is 61.1. The van der Waals surface area contributed by atoms with E-state index in [0.29, 0.717) is 37.3 Å². The van der Waals surface area contributed by atoms with Crippen LogP contribution in [0.3, 0.4) is 0 Å². The number of aromatic nitrogens is 5. The van der Waals surface area contributed by atoms with Crippen molar-refractivity contribution < 1.29 is 42.2 Å². The van der Waals surface area contributed by atoms with E-state index in [0.717, 1.165) is 166 Å². The number of alkyl halides is 2. The number of carbonyl (C=O) groups excluding carboxylic acids is 4. The molecule has 520 valence electrons. The molecular weight excluding hydrogens is 1340 g/mol. The normalized spacial score (nSPS) is 20.1. The van der Waals surface area contributed by atoms with Crippen LogP contribution in [-0.4, -0.2) is 126 Å². The molecule has 98 heavy (non-hydrogen) atoms. The fourth-order valence-corrected chi connectivity index (χ4v) is 16.2. The Kier molecular flexibility index (Phi) is 21.0.